The molecule has 2 saturated heterocycles. The van der Waals surface area contributed by atoms with Crippen molar-refractivity contribution in [2.45, 2.75) is 70.3 Å². The zero-order chi connectivity index (χ0) is 19.0. The number of unbranched alkanes of at least 4 members (excludes halogenated alkanes) is 1. The van der Waals surface area contributed by atoms with Gasteiger partial charge in [0, 0.05) is 24.7 Å². The van der Waals surface area contributed by atoms with Crippen molar-refractivity contribution in [1.29, 1.82) is 0 Å². The largest absolute Gasteiger partial charge is 0.459 e. The van der Waals surface area contributed by atoms with Crippen molar-refractivity contribution < 1.29 is 24.2 Å². The maximum absolute atomic E-state index is 12.1. The van der Waals surface area contributed by atoms with Gasteiger partial charge in [-0.25, -0.2) is 4.79 Å². The van der Waals surface area contributed by atoms with Crippen molar-refractivity contribution in [3.05, 3.63) is 23.8 Å². The Balaban J connectivity index is 1.80. The monoisotopic (exact) mass is 383 g/mol. The van der Waals surface area contributed by atoms with E-state index < -0.39 is 17.9 Å². The molecule has 7 heteroatoms. The van der Waals surface area contributed by atoms with Crippen molar-refractivity contribution in [1.82, 2.24) is 5.32 Å². The first-order valence-corrected chi connectivity index (χ1v) is 10.2. The van der Waals surface area contributed by atoms with Crippen LogP contribution < -0.4 is 5.32 Å². The molecule has 0 spiro atoms. The lowest BCUT2D eigenvalue weighted by Gasteiger charge is -2.39. The van der Waals surface area contributed by atoms with Crippen molar-refractivity contribution in [3.8, 4) is 0 Å². The molecule has 0 aliphatic carbocycles. The summed E-state index contributed by atoms with van der Waals surface area (Å²) in [5.41, 5.74) is 0.970. The maximum Gasteiger partial charge on any atom is 0.330 e. The number of hydrogen-bond acceptors (Lipinski definition) is 6. The van der Waals surface area contributed by atoms with E-state index in [2.05, 4.69) is 24.4 Å². The van der Waals surface area contributed by atoms with Crippen LogP contribution in [0, 0.1) is 0 Å². The summed E-state index contributed by atoms with van der Waals surface area (Å²) in [7, 11) is 0. The lowest BCUT2D eigenvalue weighted by atomic mass is 9.96. The molecule has 0 saturated carbocycles. The predicted molar refractivity (Wildman–Crippen MR) is 102 cm³/mol. The zero-order valence-corrected chi connectivity index (χ0v) is 16.3. The summed E-state index contributed by atoms with van der Waals surface area (Å²) < 4.78 is 11.0. The number of aliphatic hydroxyl groups is 1. The highest BCUT2D eigenvalue weighted by Crippen LogP contribution is 2.32. The number of hydrogen-bond donors (Lipinski definition) is 2. The van der Waals surface area contributed by atoms with Crippen molar-refractivity contribution in [2.75, 3.05) is 12.4 Å². The second-order valence-electron chi connectivity index (χ2n) is 6.83. The Morgan fingerprint density at radius 2 is 2.23 bits per heavy atom. The summed E-state index contributed by atoms with van der Waals surface area (Å²) in [6.07, 6.45) is 10.0. The summed E-state index contributed by atoms with van der Waals surface area (Å²) in [4.78, 5) is 23.5. The zero-order valence-electron chi connectivity index (χ0n) is 15.5. The van der Waals surface area contributed by atoms with Crippen LogP contribution in [-0.2, 0) is 14.3 Å². The summed E-state index contributed by atoms with van der Waals surface area (Å²) >= 11 is 1.12. The second-order valence-corrected chi connectivity index (χ2v) is 7.82. The molecule has 2 fully saturated rings. The van der Waals surface area contributed by atoms with Crippen LogP contribution in [-0.4, -0.2) is 46.6 Å². The Bertz CT molecular complexity index is 562. The SMILES string of the molecule is CCC/C=C\CC/C(C)=C\C(=O)OC1CCOC(O)(C2CSC(=O)N2)C1. The Morgan fingerprint density at radius 3 is 2.92 bits per heavy atom. The van der Waals surface area contributed by atoms with Gasteiger partial charge in [0.15, 0.2) is 5.79 Å². The normalized spacial score (nSPS) is 29.8. The van der Waals surface area contributed by atoms with E-state index in [4.69, 9.17) is 9.47 Å². The van der Waals surface area contributed by atoms with Crippen LogP contribution in [0.25, 0.3) is 0 Å². The number of allylic oxidation sites excluding steroid dienone is 3. The quantitative estimate of drug-likeness (QED) is 0.380. The number of amides is 1. The molecule has 146 valence electrons. The minimum absolute atomic E-state index is 0.164. The van der Waals surface area contributed by atoms with Gasteiger partial charge in [-0.15, -0.1) is 0 Å². The van der Waals surface area contributed by atoms with Gasteiger partial charge in [0.05, 0.1) is 12.6 Å². The molecular formula is C19H29NO5S. The summed E-state index contributed by atoms with van der Waals surface area (Å²) in [5.74, 6) is -1.43. The number of carbonyl (C=O) groups is 2. The van der Waals surface area contributed by atoms with Crippen LogP contribution in [0.5, 0.6) is 0 Å². The van der Waals surface area contributed by atoms with Crippen LogP contribution in [0.15, 0.2) is 23.8 Å². The van der Waals surface area contributed by atoms with Gasteiger partial charge in [-0.2, -0.15) is 0 Å². The topological polar surface area (TPSA) is 84.9 Å². The van der Waals surface area contributed by atoms with Gasteiger partial charge in [0.1, 0.15) is 6.10 Å². The van der Waals surface area contributed by atoms with Crippen LogP contribution in [0.3, 0.4) is 0 Å². The highest BCUT2D eigenvalue weighted by molar-refractivity contribution is 8.14. The molecule has 6 nitrogen and oxygen atoms in total. The molecule has 0 aromatic heterocycles. The summed E-state index contributed by atoms with van der Waals surface area (Å²) in [6.45, 7) is 4.35. The van der Waals surface area contributed by atoms with E-state index in [1.165, 1.54) is 6.08 Å². The predicted octanol–water partition coefficient (Wildman–Crippen LogP) is 3.31. The number of nitrogens with one attached hydrogen (secondary N) is 1. The third kappa shape index (κ3) is 6.45. The van der Waals surface area contributed by atoms with E-state index >= 15 is 0 Å². The standard InChI is InChI=1S/C19H29NO5S/c1-3-4-5-6-7-8-14(2)11-17(21)25-15-9-10-24-19(23,12-15)16-13-26-18(22)20-16/h5-6,11,15-16,23H,3-4,7-10,12-13H2,1-2H3,(H,20,22)/b6-5-,14-11-. The molecule has 2 aliphatic rings. The molecule has 0 aromatic rings. The molecule has 26 heavy (non-hydrogen) atoms. The van der Waals surface area contributed by atoms with Crippen molar-refractivity contribution in [2.24, 2.45) is 0 Å². The van der Waals surface area contributed by atoms with Gasteiger partial charge in [-0.1, -0.05) is 42.8 Å². The van der Waals surface area contributed by atoms with Crippen LogP contribution in [0.2, 0.25) is 0 Å². The Labute approximate surface area is 159 Å². The van der Waals surface area contributed by atoms with E-state index in [-0.39, 0.29) is 24.2 Å². The van der Waals surface area contributed by atoms with E-state index in [1.54, 1.807) is 0 Å². The average Bonchev–Trinajstić information content (AvgIpc) is 3.02. The molecule has 0 bridgehead atoms. The molecule has 1 amide bonds. The van der Waals surface area contributed by atoms with Crippen LogP contribution in [0.1, 0.15) is 52.4 Å². The number of carbonyl (C=O) groups excluding carboxylic acids is 2. The Hall–Kier alpha value is -1.31. The Morgan fingerprint density at radius 1 is 1.46 bits per heavy atom. The fourth-order valence-electron chi connectivity index (χ4n) is 3.01. The third-order valence-electron chi connectivity index (χ3n) is 4.50. The molecule has 3 atom stereocenters. The van der Waals surface area contributed by atoms with E-state index in [1.807, 2.05) is 6.92 Å². The van der Waals surface area contributed by atoms with Gasteiger partial charge in [0.2, 0.25) is 0 Å². The first kappa shape index (κ1) is 21.0. The highest BCUT2D eigenvalue weighted by atomic mass is 32.2. The van der Waals surface area contributed by atoms with Crippen molar-refractivity contribution in [3.63, 3.8) is 0 Å². The number of esters is 1. The van der Waals surface area contributed by atoms with Crippen molar-refractivity contribution >= 4 is 23.0 Å². The lowest BCUT2D eigenvalue weighted by molar-refractivity contribution is -0.256. The lowest BCUT2D eigenvalue weighted by Crippen LogP contribution is -2.56. The number of rotatable bonds is 8. The van der Waals surface area contributed by atoms with Gasteiger partial charge < -0.3 is 19.9 Å². The van der Waals surface area contributed by atoms with Gasteiger partial charge in [-0.05, 0) is 26.2 Å². The van der Waals surface area contributed by atoms with E-state index in [9.17, 15) is 14.7 Å². The maximum atomic E-state index is 12.1. The van der Waals surface area contributed by atoms with Gasteiger partial charge in [-0.3, -0.25) is 4.79 Å². The molecule has 2 N–H and O–H groups in total. The highest BCUT2D eigenvalue weighted by Gasteiger charge is 2.46. The van der Waals surface area contributed by atoms with Crippen LogP contribution >= 0.6 is 11.8 Å². The molecule has 0 aromatic carbocycles. The fourth-order valence-corrected chi connectivity index (χ4v) is 3.90. The summed E-state index contributed by atoms with van der Waals surface area (Å²) in [5, 5.41) is 13.2. The van der Waals surface area contributed by atoms with Gasteiger partial charge in [0.25, 0.3) is 5.24 Å². The number of ether oxygens (including phenoxy) is 2. The smallest absolute Gasteiger partial charge is 0.330 e. The third-order valence-corrected chi connectivity index (χ3v) is 5.38. The summed E-state index contributed by atoms with van der Waals surface area (Å²) in [6, 6.07) is -0.478. The molecule has 2 aliphatic heterocycles. The Kier molecular flexibility index (Phi) is 8.18. The fraction of sp³-hybridized carbons (Fsp3) is 0.684. The molecule has 2 heterocycles. The van der Waals surface area contributed by atoms with Crippen LogP contribution in [0.4, 0.5) is 4.79 Å². The first-order valence-electron chi connectivity index (χ1n) is 9.25. The first-order chi connectivity index (χ1) is 12.4. The van der Waals surface area contributed by atoms with E-state index in [0.29, 0.717) is 12.2 Å². The average molecular weight is 384 g/mol. The molecule has 3 unspecified atom stereocenters. The minimum Gasteiger partial charge on any atom is -0.459 e. The molecule has 0 radical (unpaired) electrons. The number of thioether (sulfide) groups is 1. The second kappa shape index (κ2) is 10.1. The van der Waals surface area contributed by atoms with Gasteiger partial charge >= 0.3 is 5.97 Å². The minimum atomic E-state index is -1.48. The van der Waals surface area contributed by atoms with E-state index in [0.717, 1.165) is 43.0 Å². The molecular weight excluding hydrogens is 354 g/mol. The molecule has 2 rings (SSSR count).